The highest BCUT2D eigenvalue weighted by Crippen LogP contribution is 2.35. The number of thiazole rings is 1. The Bertz CT molecular complexity index is 1900. The number of amides is 2. The van der Waals surface area contributed by atoms with Crippen LogP contribution in [-0.4, -0.2) is 33.0 Å². The van der Waals surface area contributed by atoms with E-state index in [0.717, 1.165) is 15.9 Å². The molecule has 38 heavy (non-hydrogen) atoms. The van der Waals surface area contributed by atoms with E-state index in [1.54, 1.807) is 66.7 Å². The van der Waals surface area contributed by atoms with E-state index in [1.165, 1.54) is 4.90 Å². The summed E-state index contributed by atoms with van der Waals surface area (Å²) < 4.78 is 1.33. The minimum absolute atomic E-state index is 0.184. The number of rotatable bonds is 4. The molecule has 1 aliphatic heterocycles. The Balaban J connectivity index is 1.39. The number of benzene rings is 3. The van der Waals surface area contributed by atoms with Crippen molar-refractivity contribution in [3.8, 4) is 11.4 Å². The summed E-state index contributed by atoms with van der Waals surface area (Å²) >= 11 is 19.3. The first kappa shape index (κ1) is 24.6. The first-order valence-corrected chi connectivity index (χ1v) is 13.1. The molecule has 3 heterocycles. The lowest BCUT2D eigenvalue weighted by molar-refractivity contribution is -0.118. The normalized spacial score (nSPS) is 14.3. The predicted octanol–water partition coefficient (Wildman–Crippen LogP) is 4.68. The number of carbonyl (C=O) groups is 2. The molecule has 0 saturated carbocycles. The average molecular weight is 583 g/mol. The fourth-order valence-electron chi connectivity index (χ4n) is 4.24. The summed E-state index contributed by atoms with van der Waals surface area (Å²) in [4.78, 5) is 45.9. The Kier molecular flexibility index (Phi) is 6.16. The number of nitrogens with one attached hydrogen (secondary N) is 1. The van der Waals surface area contributed by atoms with Crippen LogP contribution in [-0.2, 0) is 9.59 Å². The van der Waals surface area contributed by atoms with Gasteiger partial charge in [-0.1, -0.05) is 70.4 Å². The van der Waals surface area contributed by atoms with Crippen LogP contribution in [0.15, 0.2) is 71.5 Å². The molecule has 0 unspecified atom stereocenters. The van der Waals surface area contributed by atoms with E-state index in [1.807, 2.05) is 0 Å². The number of carbonyl (C=O) groups excluding carboxylic acids is 2. The second-order valence-electron chi connectivity index (χ2n) is 8.33. The van der Waals surface area contributed by atoms with Gasteiger partial charge in [0.1, 0.15) is 11.1 Å². The highest BCUT2D eigenvalue weighted by molar-refractivity contribution is 7.15. The molecule has 1 aliphatic rings. The van der Waals surface area contributed by atoms with Gasteiger partial charge < -0.3 is 5.32 Å². The Morgan fingerprint density at radius 3 is 2.47 bits per heavy atom. The zero-order chi connectivity index (χ0) is 26.6. The van der Waals surface area contributed by atoms with Crippen LogP contribution in [0.4, 0.5) is 11.4 Å². The standard InChI is InChI=1S/C26H14Cl3N5O3S/c27-13-4-3-5-15(10-13)30-20(35)12-33-19-7-2-1-6-17(19)21(24(33)36)22-25(37)34-26(38-22)31-23(32-34)16-9-8-14(28)11-18(16)29/h1-11H,12H2,(H,30,35). The number of para-hydroxylation sites is 1. The van der Waals surface area contributed by atoms with Crippen molar-refractivity contribution in [3.05, 3.63) is 102 Å². The van der Waals surface area contributed by atoms with E-state index in [0.29, 0.717) is 42.5 Å². The summed E-state index contributed by atoms with van der Waals surface area (Å²) in [5, 5.41) is 8.37. The molecule has 0 bridgehead atoms. The van der Waals surface area contributed by atoms with Crippen LogP contribution < -0.4 is 20.3 Å². The van der Waals surface area contributed by atoms with Crippen LogP contribution in [0.2, 0.25) is 15.1 Å². The SMILES string of the molecule is O=C(CN1C(=O)C(=c2sc3nc(-c4ccc(Cl)cc4Cl)nn3c2=O)c2ccccc21)Nc1cccc(Cl)c1. The van der Waals surface area contributed by atoms with E-state index in [2.05, 4.69) is 15.4 Å². The molecule has 0 aliphatic carbocycles. The Morgan fingerprint density at radius 2 is 1.71 bits per heavy atom. The van der Waals surface area contributed by atoms with E-state index in [9.17, 15) is 14.4 Å². The van der Waals surface area contributed by atoms with Crippen molar-refractivity contribution in [1.29, 1.82) is 0 Å². The molecule has 8 nitrogen and oxygen atoms in total. The predicted molar refractivity (Wildman–Crippen MR) is 149 cm³/mol. The highest BCUT2D eigenvalue weighted by atomic mass is 35.5. The van der Waals surface area contributed by atoms with Crippen LogP contribution in [0.5, 0.6) is 0 Å². The van der Waals surface area contributed by atoms with Crippen molar-refractivity contribution >= 4 is 79.9 Å². The topological polar surface area (TPSA) is 96.7 Å². The van der Waals surface area contributed by atoms with Crippen molar-refractivity contribution in [2.45, 2.75) is 0 Å². The van der Waals surface area contributed by atoms with Gasteiger partial charge in [0.2, 0.25) is 10.9 Å². The second kappa shape index (κ2) is 9.52. The average Bonchev–Trinajstić information content (AvgIpc) is 3.50. The van der Waals surface area contributed by atoms with Crippen LogP contribution in [0.25, 0.3) is 21.9 Å². The van der Waals surface area contributed by atoms with Gasteiger partial charge in [0.25, 0.3) is 11.5 Å². The van der Waals surface area contributed by atoms with Crippen molar-refractivity contribution < 1.29 is 9.59 Å². The summed E-state index contributed by atoms with van der Waals surface area (Å²) in [6.07, 6.45) is 0. The van der Waals surface area contributed by atoms with Crippen LogP contribution in [0.3, 0.4) is 0 Å². The van der Waals surface area contributed by atoms with E-state index in [4.69, 9.17) is 34.8 Å². The van der Waals surface area contributed by atoms with Gasteiger partial charge in [-0.05, 0) is 42.5 Å². The minimum Gasteiger partial charge on any atom is -0.324 e. The van der Waals surface area contributed by atoms with Crippen LogP contribution >= 0.6 is 46.1 Å². The number of hydrogen-bond acceptors (Lipinski definition) is 6. The van der Waals surface area contributed by atoms with E-state index in [-0.39, 0.29) is 22.5 Å². The molecular weight excluding hydrogens is 569 g/mol. The third-order valence-electron chi connectivity index (χ3n) is 5.89. The minimum atomic E-state index is -0.489. The zero-order valence-electron chi connectivity index (χ0n) is 19.1. The molecule has 0 saturated heterocycles. The summed E-state index contributed by atoms with van der Waals surface area (Å²) in [6.45, 7) is -0.250. The number of anilines is 2. The molecule has 3 aromatic carbocycles. The van der Waals surface area contributed by atoms with E-state index >= 15 is 0 Å². The molecule has 0 fully saturated rings. The van der Waals surface area contributed by atoms with Gasteiger partial charge in [-0.2, -0.15) is 9.50 Å². The Hall–Kier alpha value is -3.76. The maximum absolute atomic E-state index is 13.6. The fraction of sp³-hybridized carbons (Fsp3) is 0.0385. The zero-order valence-corrected chi connectivity index (χ0v) is 22.2. The molecule has 0 spiro atoms. The summed E-state index contributed by atoms with van der Waals surface area (Å²) in [5.74, 6) is -0.606. The van der Waals surface area contributed by atoms with Crippen LogP contribution in [0, 0.1) is 0 Å². The van der Waals surface area contributed by atoms with E-state index < -0.39 is 17.4 Å². The lowest BCUT2D eigenvalue weighted by Crippen LogP contribution is -2.37. The summed E-state index contributed by atoms with van der Waals surface area (Å²) in [6, 6.07) is 18.6. The van der Waals surface area contributed by atoms with Gasteiger partial charge in [-0.25, -0.2) is 0 Å². The maximum atomic E-state index is 13.6. The van der Waals surface area contributed by atoms with Gasteiger partial charge in [0.05, 0.1) is 16.3 Å². The highest BCUT2D eigenvalue weighted by Gasteiger charge is 2.35. The van der Waals surface area contributed by atoms with Gasteiger partial charge in [-0.3, -0.25) is 19.3 Å². The van der Waals surface area contributed by atoms with Gasteiger partial charge >= 0.3 is 0 Å². The number of hydrogen-bond donors (Lipinski definition) is 1. The lowest BCUT2D eigenvalue weighted by Gasteiger charge is -2.16. The summed E-state index contributed by atoms with van der Waals surface area (Å²) in [5.41, 5.74) is 1.83. The van der Waals surface area contributed by atoms with Gasteiger partial charge in [0.15, 0.2) is 5.82 Å². The van der Waals surface area contributed by atoms with Gasteiger partial charge in [0, 0.05) is 26.9 Å². The number of nitrogens with zero attached hydrogens (tertiary/aromatic N) is 4. The Labute approximate surface area is 233 Å². The van der Waals surface area contributed by atoms with Crippen molar-refractivity contribution in [2.24, 2.45) is 0 Å². The quantitative estimate of drug-likeness (QED) is 0.332. The molecule has 5 aromatic rings. The monoisotopic (exact) mass is 581 g/mol. The first-order chi connectivity index (χ1) is 18.3. The third kappa shape index (κ3) is 4.23. The molecule has 0 radical (unpaired) electrons. The molecule has 12 heteroatoms. The number of halogens is 3. The number of fused-ring (bicyclic) bond motifs is 2. The molecular formula is C26H14Cl3N5O3S. The molecule has 1 N–H and O–H groups in total. The molecule has 0 atom stereocenters. The van der Waals surface area contributed by atoms with Gasteiger partial charge in [-0.15, -0.1) is 5.10 Å². The third-order valence-corrected chi connectivity index (χ3v) is 7.70. The van der Waals surface area contributed by atoms with Crippen LogP contribution in [0.1, 0.15) is 5.56 Å². The summed E-state index contributed by atoms with van der Waals surface area (Å²) in [7, 11) is 0. The molecule has 2 aromatic heterocycles. The molecule has 2 amide bonds. The molecule has 188 valence electrons. The van der Waals surface area contributed by atoms with Crippen molar-refractivity contribution in [3.63, 3.8) is 0 Å². The fourth-order valence-corrected chi connectivity index (χ4v) is 5.92. The lowest BCUT2D eigenvalue weighted by atomic mass is 10.1. The second-order valence-corrected chi connectivity index (χ2v) is 10.6. The largest absolute Gasteiger partial charge is 0.324 e. The molecule has 6 rings (SSSR count). The number of aromatic nitrogens is 3. The first-order valence-electron chi connectivity index (χ1n) is 11.2. The smallest absolute Gasteiger partial charge is 0.291 e. The Morgan fingerprint density at radius 1 is 0.921 bits per heavy atom. The maximum Gasteiger partial charge on any atom is 0.291 e. The van der Waals surface area contributed by atoms with Crippen molar-refractivity contribution in [1.82, 2.24) is 14.6 Å². The van der Waals surface area contributed by atoms with Crippen molar-refractivity contribution in [2.75, 3.05) is 16.8 Å².